The lowest BCUT2D eigenvalue weighted by molar-refractivity contribution is 0.102. The molecule has 0 aliphatic rings. The van der Waals surface area contributed by atoms with Crippen molar-refractivity contribution in [2.24, 2.45) is 0 Å². The summed E-state index contributed by atoms with van der Waals surface area (Å²) in [7, 11) is -3.44. The SMILES string of the molecule is CCOP(=O)(Nc1ccc(C(=O)Nc2cc(-c3cccs3)ccc2N)cc1)OCC. The summed E-state index contributed by atoms with van der Waals surface area (Å²) in [4.78, 5) is 13.8. The third kappa shape index (κ3) is 5.49. The Balaban J connectivity index is 1.72. The van der Waals surface area contributed by atoms with Crippen molar-refractivity contribution < 1.29 is 18.4 Å². The molecule has 0 saturated carbocycles. The molecule has 158 valence electrons. The van der Waals surface area contributed by atoms with E-state index in [2.05, 4.69) is 10.4 Å². The summed E-state index contributed by atoms with van der Waals surface area (Å²) in [5.74, 6) is -0.297. The van der Waals surface area contributed by atoms with E-state index in [0.717, 1.165) is 10.4 Å². The first-order chi connectivity index (χ1) is 14.4. The molecule has 0 spiro atoms. The summed E-state index contributed by atoms with van der Waals surface area (Å²) in [6.45, 7) is 3.97. The molecule has 4 N–H and O–H groups in total. The minimum Gasteiger partial charge on any atom is -0.397 e. The minimum absolute atomic E-state index is 0.247. The van der Waals surface area contributed by atoms with Crippen LogP contribution in [0.15, 0.2) is 60.0 Å². The van der Waals surface area contributed by atoms with Crippen LogP contribution in [0.1, 0.15) is 24.2 Å². The van der Waals surface area contributed by atoms with Crippen LogP contribution in [0.4, 0.5) is 17.1 Å². The van der Waals surface area contributed by atoms with Gasteiger partial charge < -0.3 is 11.1 Å². The summed E-state index contributed by atoms with van der Waals surface area (Å²) < 4.78 is 23.0. The highest BCUT2D eigenvalue weighted by Crippen LogP contribution is 2.47. The average molecular weight is 445 g/mol. The molecule has 3 aromatic rings. The van der Waals surface area contributed by atoms with Gasteiger partial charge in [-0.25, -0.2) is 4.57 Å². The molecule has 0 fully saturated rings. The summed E-state index contributed by atoms with van der Waals surface area (Å²) >= 11 is 1.61. The van der Waals surface area contributed by atoms with E-state index in [0.29, 0.717) is 22.6 Å². The van der Waals surface area contributed by atoms with Crippen molar-refractivity contribution in [3.05, 3.63) is 65.5 Å². The fourth-order valence-electron chi connectivity index (χ4n) is 2.75. The molecule has 9 heteroatoms. The lowest BCUT2D eigenvalue weighted by Crippen LogP contribution is -2.13. The number of hydrogen-bond donors (Lipinski definition) is 3. The van der Waals surface area contributed by atoms with Crippen LogP contribution in [0.3, 0.4) is 0 Å². The number of amides is 1. The molecule has 2 aromatic carbocycles. The number of anilines is 3. The zero-order chi connectivity index (χ0) is 21.6. The Labute approximate surface area is 179 Å². The minimum atomic E-state index is -3.44. The fraction of sp³-hybridized carbons (Fsp3) is 0.190. The second kappa shape index (κ2) is 9.91. The average Bonchev–Trinajstić information content (AvgIpc) is 3.25. The van der Waals surface area contributed by atoms with Crippen molar-refractivity contribution in [3.8, 4) is 10.4 Å². The Kier molecular flexibility index (Phi) is 7.29. The summed E-state index contributed by atoms with van der Waals surface area (Å²) in [5.41, 5.74) is 9.01. The van der Waals surface area contributed by atoms with E-state index in [1.54, 1.807) is 55.5 Å². The fourth-order valence-corrected chi connectivity index (χ4v) is 4.82. The van der Waals surface area contributed by atoms with Gasteiger partial charge in [0.2, 0.25) is 0 Å². The first-order valence-electron chi connectivity index (χ1n) is 9.46. The van der Waals surface area contributed by atoms with Gasteiger partial charge in [0.15, 0.2) is 0 Å². The molecule has 30 heavy (non-hydrogen) atoms. The first-order valence-corrected chi connectivity index (χ1v) is 11.9. The Hall–Kier alpha value is -2.64. The third-order valence-corrected chi connectivity index (χ3v) is 6.77. The highest BCUT2D eigenvalue weighted by Gasteiger charge is 2.23. The molecule has 0 saturated heterocycles. The van der Waals surface area contributed by atoms with Gasteiger partial charge in [0.05, 0.1) is 24.6 Å². The smallest absolute Gasteiger partial charge is 0.397 e. The number of nitrogens with two attached hydrogens (primary N) is 1. The lowest BCUT2D eigenvalue weighted by atomic mass is 10.1. The lowest BCUT2D eigenvalue weighted by Gasteiger charge is -2.18. The van der Waals surface area contributed by atoms with Crippen molar-refractivity contribution in [1.82, 2.24) is 0 Å². The van der Waals surface area contributed by atoms with Crippen LogP contribution in [0.25, 0.3) is 10.4 Å². The van der Waals surface area contributed by atoms with E-state index in [9.17, 15) is 9.36 Å². The maximum atomic E-state index is 12.7. The predicted octanol–water partition coefficient (Wildman–Crippen LogP) is 5.84. The van der Waals surface area contributed by atoms with Crippen molar-refractivity contribution in [2.45, 2.75) is 13.8 Å². The van der Waals surface area contributed by atoms with Crippen molar-refractivity contribution >= 4 is 42.1 Å². The molecular weight excluding hydrogens is 421 g/mol. The van der Waals surface area contributed by atoms with Crippen molar-refractivity contribution in [2.75, 3.05) is 29.4 Å². The summed E-state index contributed by atoms with van der Waals surface area (Å²) in [5, 5.41) is 7.61. The quantitative estimate of drug-likeness (QED) is 0.282. The summed E-state index contributed by atoms with van der Waals surface area (Å²) in [6.07, 6.45) is 0. The van der Waals surface area contributed by atoms with Gasteiger partial charge >= 0.3 is 7.75 Å². The Morgan fingerprint density at radius 1 is 1.07 bits per heavy atom. The zero-order valence-electron chi connectivity index (χ0n) is 16.8. The van der Waals surface area contributed by atoms with Gasteiger partial charge in [-0.05, 0) is 67.3 Å². The molecule has 0 radical (unpaired) electrons. The van der Waals surface area contributed by atoms with Gasteiger partial charge in [0, 0.05) is 16.1 Å². The van der Waals surface area contributed by atoms with Crippen LogP contribution < -0.4 is 16.1 Å². The van der Waals surface area contributed by atoms with Gasteiger partial charge in [0.1, 0.15) is 0 Å². The largest absolute Gasteiger partial charge is 0.432 e. The second-order valence-corrected chi connectivity index (χ2v) is 8.94. The first kappa shape index (κ1) is 22.1. The molecule has 0 atom stereocenters. The van der Waals surface area contributed by atoms with Crippen LogP contribution in [-0.4, -0.2) is 19.1 Å². The second-order valence-electron chi connectivity index (χ2n) is 6.26. The number of thiophene rings is 1. The van der Waals surface area contributed by atoms with Crippen LogP contribution in [0.2, 0.25) is 0 Å². The van der Waals surface area contributed by atoms with Crippen LogP contribution in [0, 0.1) is 0 Å². The Morgan fingerprint density at radius 3 is 2.37 bits per heavy atom. The predicted molar refractivity (Wildman–Crippen MR) is 123 cm³/mol. The van der Waals surface area contributed by atoms with E-state index in [-0.39, 0.29) is 19.1 Å². The Bertz CT molecular complexity index is 1030. The Morgan fingerprint density at radius 2 is 1.77 bits per heavy atom. The molecule has 0 bridgehead atoms. The van der Waals surface area contributed by atoms with Crippen molar-refractivity contribution in [3.63, 3.8) is 0 Å². The van der Waals surface area contributed by atoms with E-state index in [1.165, 1.54) is 0 Å². The van der Waals surface area contributed by atoms with Gasteiger partial charge in [-0.3, -0.25) is 18.9 Å². The van der Waals surface area contributed by atoms with Crippen LogP contribution in [0.5, 0.6) is 0 Å². The van der Waals surface area contributed by atoms with Gasteiger partial charge in [-0.2, -0.15) is 0 Å². The zero-order valence-corrected chi connectivity index (χ0v) is 18.5. The number of carbonyl (C=O) groups excluding carboxylic acids is 1. The van der Waals surface area contributed by atoms with Crippen LogP contribution in [-0.2, 0) is 13.6 Å². The highest BCUT2D eigenvalue weighted by molar-refractivity contribution is 7.55. The number of nitrogen functional groups attached to an aromatic ring is 1. The maximum Gasteiger partial charge on any atom is 0.432 e. The third-order valence-electron chi connectivity index (χ3n) is 4.12. The number of carbonyl (C=O) groups is 1. The molecule has 7 nitrogen and oxygen atoms in total. The van der Waals surface area contributed by atoms with Gasteiger partial charge in [-0.15, -0.1) is 11.3 Å². The van der Waals surface area contributed by atoms with Gasteiger partial charge in [0.25, 0.3) is 5.91 Å². The maximum absolute atomic E-state index is 12.7. The van der Waals surface area contributed by atoms with Crippen molar-refractivity contribution in [1.29, 1.82) is 0 Å². The standard InChI is InChI=1S/C21H24N3O4PS/c1-3-27-29(26,28-4-2)24-17-10-7-15(8-11-17)21(25)23-19-14-16(9-12-18(19)22)20-6-5-13-30-20/h5-14H,3-4,22H2,1-2H3,(H,23,25)(H,24,26). The van der Waals surface area contributed by atoms with E-state index >= 15 is 0 Å². The molecule has 1 amide bonds. The topological polar surface area (TPSA) is 103 Å². The van der Waals surface area contributed by atoms with E-state index in [1.807, 2.05) is 29.6 Å². The number of hydrogen-bond acceptors (Lipinski definition) is 6. The molecule has 0 unspecified atom stereocenters. The summed E-state index contributed by atoms with van der Waals surface area (Å²) in [6, 6.07) is 16.1. The monoisotopic (exact) mass is 445 g/mol. The molecule has 1 heterocycles. The molecule has 1 aromatic heterocycles. The number of rotatable bonds is 9. The normalized spacial score (nSPS) is 11.3. The van der Waals surface area contributed by atoms with E-state index in [4.69, 9.17) is 14.8 Å². The number of nitrogens with one attached hydrogen (secondary N) is 2. The van der Waals surface area contributed by atoms with Crippen LogP contribution >= 0.6 is 19.1 Å². The van der Waals surface area contributed by atoms with Gasteiger partial charge in [-0.1, -0.05) is 12.1 Å². The molecule has 0 aliphatic carbocycles. The van der Waals surface area contributed by atoms with E-state index < -0.39 is 7.75 Å². The number of benzene rings is 2. The molecule has 0 aliphatic heterocycles. The molecule has 3 rings (SSSR count). The highest BCUT2D eigenvalue weighted by atomic mass is 32.1. The molecular formula is C21H24N3O4PS.